The van der Waals surface area contributed by atoms with Gasteiger partial charge < -0.3 is 5.32 Å². The van der Waals surface area contributed by atoms with E-state index in [1.807, 2.05) is 36.4 Å². The summed E-state index contributed by atoms with van der Waals surface area (Å²) in [7, 11) is 3.86. The van der Waals surface area contributed by atoms with Crippen LogP contribution in [0.3, 0.4) is 0 Å². The number of nitrogens with zero attached hydrogens (tertiary/aromatic N) is 3. The highest BCUT2D eigenvalue weighted by Gasteiger charge is 2.30. The summed E-state index contributed by atoms with van der Waals surface area (Å²) in [5.74, 6) is -0.372. The van der Waals surface area contributed by atoms with E-state index in [1.54, 1.807) is 12.3 Å². The van der Waals surface area contributed by atoms with E-state index in [-0.39, 0.29) is 16.4 Å². The molecule has 23 heavy (non-hydrogen) atoms. The van der Waals surface area contributed by atoms with Crippen molar-refractivity contribution < 1.29 is 14.1 Å². The van der Waals surface area contributed by atoms with E-state index in [9.17, 15) is 9.18 Å². The Hall–Kier alpha value is -2.22. The molecule has 6 nitrogen and oxygen atoms in total. The van der Waals surface area contributed by atoms with E-state index in [0.29, 0.717) is 6.67 Å². The molecule has 3 rings (SSSR count). The number of amidine groups is 1. The number of halogens is 2. The van der Waals surface area contributed by atoms with E-state index < -0.39 is 11.7 Å². The Labute approximate surface area is 138 Å². The van der Waals surface area contributed by atoms with Gasteiger partial charge in [0.1, 0.15) is 6.20 Å². The van der Waals surface area contributed by atoms with Gasteiger partial charge in [0, 0.05) is 26.4 Å². The minimum atomic E-state index is -0.655. The quantitative estimate of drug-likeness (QED) is 0.859. The van der Waals surface area contributed by atoms with E-state index >= 15 is 0 Å². The van der Waals surface area contributed by atoms with Gasteiger partial charge in [-0.25, -0.2) is 14.3 Å². The van der Waals surface area contributed by atoms with Crippen LogP contribution in [0.2, 0.25) is 5.02 Å². The van der Waals surface area contributed by atoms with Crippen LogP contribution >= 0.6 is 11.6 Å². The van der Waals surface area contributed by atoms with E-state index in [4.69, 9.17) is 11.6 Å². The third-order valence-corrected chi connectivity index (χ3v) is 3.86. The Morgan fingerprint density at radius 1 is 1.48 bits per heavy atom. The smallest absolute Gasteiger partial charge is 0.280 e. The molecule has 0 radical (unpaired) electrons. The number of quaternary nitrogens is 1. The van der Waals surface area contributed by atoms with Crippen LogP contribution in [0.5, 0.6) is 0 Å². The maximum Gasteiger partial charge on any atom is 0.280 e. The number of rotatable bonds is 3. The Bertz CT molecular complexity index is 743. The number of benzene rings is 1. The lowest BCUT2D eigenvalue weighted by Crippen LogP contribution is -3.11. The highest BCUT2D eigenvalue weighted by atomic mass is 35.5. The zero-order chi connectivity index (χ0) is 16.6. The van der Waals surface area contributed by atoms with Gasteiger partial charge >= 0.3 is 0 Å². The van der Waals surface area contributed by atoms with Crippen molar-refractivity contribution in [2.75, 3.05) is 26.1 Å². The summed E-state index contributed by atoms with van der Waals surface area (Å²) in [6.07, 6.45) is 5.45. The molecule has 120 valence electrons. The highest BCUT2D eigenvalue weighted by Crippen LogP contribution is 2.22. The van der Waals surface area contributed by atoms with Crippen LogP contribution in [0.4, 0.5) is 10.1 Å². The molecule has 0 saturated heterocycles. The standard InChI is InChI=1S/C15H15ClFN5O/c1-20(2)22-7-6-13-18-12(8-21(13)9-22)15(23)19-11-5-3-4-10(16)14(11)17/h3-8H,9H2,1-2H3,(H,19,23)/p+1. The molecule has 2 aliphatic rings. The van der Waals surface area contributed by atoms with Crippen molar-refractivity contribution in [3.63, 3.8) is 0 Å². The van der Waals surface area contributed by atoms with Crippen LogP contribution in [-0.4, -0.2) is 42.5 Å². The molecular formula is C15H16ClFN5O+. The average molecular weight is 337 g/mol. The molecule has 1 atom stereocenters. The number of anilines is 1. The third kappa shape index (κ3) is 3.12. The Balaban J connectivity index is 1.75. The van der Waals surface area contributed by atoms with Gasteiger partial charge in [0.05, 0.1) is 10.7 Å². The number of amides is 1. The fourth-order valence-electron chi connectivity index (χ4n) is 2.31. The van der Waals surface area contributed by atoms with Crippen LogP contribution in [0.25, 0.3) is 0 Å². The number of hydrogen-bond donors (Lipinski definition) is 2. The van der Waals surface area contributed by atoms with Crippen LogP contribution in [0.1, 0.15) is 0 Å². The van der Waals surface area contributed by atoms with E-state index in [2.05, 4.69) is 10.3 Å². The maximum atomic E-state index is 13.9. The Morgan fingerprint density at radius 3 is 3.00 bits per heavy atom. The Kier molecular flexibility index (Phi) is 4.16. The minimum Gasteiger partial charge on any atom is -0.318 e. The molecule has 2 heterocycles. The van der Waals surface area contributed by atoms with E-state index in [1.165, 1.54) is 12.1 Å². The number of hydrogen-bond acceptors (Lipinski definition) is 4. The first-order valence-corrected chi connectivity index (χ1v) is 7.37. The first kappa shape index (κ1) is 15.7. The second-order valence-electron chi connectivity index (χ2n) is 5.37. The van der Waals surface area contributed by atoms with Gasteiger partial charge in [0.15, 0.2) is 18.2 Å². The molecule has 1 aromatic carbocycles. The van der Waals surface area contributed by atoms with Crippen molar-refractivity contribution in [3.8, 4) is 0 Å². The summed E-state index contributed by atoms with van der Waals surface area (Å²) in [6, 6.07) is 4.45. The van der Waals surface area contributed by atoms with Crippen molar-refractivity contribution in [1.29, 1.82) is 0 Å². The zero-order valence-electron chi connectivity index (χ0n) is 12.7. The van der Waals surface area contributed by atoms with Crippen LogP contribution < -0.4 is 10.2 Å². The lowest BCUT2D eigenvalue weighted by atomic mass is 10.3. The van der Waals surface area contributed by atoms with Crippen LogP contribution in [0.15, 0.2) is 47.4 Å². The first-order chi connectivity index (χ1) is 11.0. The topological polar surface area (TPSA) is 52.4 Å². The molecule has 0 spiro atoms. The van der Waals surface area contributed by atoms with Crippen molar-refractivity contribution >= 4 is 29.0 Å². The molecule has 0 bridgehead atoms. The molecule has 0 aliphatic carbocycles. The second kappa shape index (κ2) is 6.11. The number of nitrogens with one attached hydrogen (secondary N) is 2. The van der Waals surface area contributed by atoms with Crippen molar-refractivity contribution in [1.82, 2.24) is 10.0 Å². The summed E-state index contributed by atoms with van der Waals surface area (Å²) in [5, 5.41) is 6.39. The minimum absolute atomic E-state index is 0.0360. The zero-order valence-corrected chi connectivity index (χ0v) is 13.4. The third-order valence-electron chi connectivity index (χ3n) is 3.56. The lowest BCUT2D eigenvalue weighted by molar-refractivity contribution is -0.762. The molecule has 1 unspecified atom stereocenters. The fourth-order valence-corrected chi connectivity index (χ4v) is 2.48. The summed E-state index contributed by atoms with van der Waals surface area (Å²) >= 11 is 5.71. The highest BCUT2D eigenvalue weighted by molar-refractivity contribution is 6.31. The molecule has 2 aliphatic heterocycles. The van der Waals surface area contributed by atoms with Gasteiger partial charge in [0.25, 0.3) is 5.91 Å². The van der Waals surface area contributed by atoms with Gasteiger partial charge in [-0.2, -0.15) is 4.99 Å². The first-order valence-electron chi connectivity index (χ1n) is 7.00. The van der Waals surface area contributed by atoms with Gasteiger partial charge in [-0.1, -0.05) is 17.7 Å². The SMILES string of the molecule is CN(C)N1C=CC2=NC(C(=O)Nc3cccc(Cl)c3F)=C[NH+]2C1. The monoisotopic (exact) mass is 336 g/mol. The molecule has 0 fully saturated rings. The number of carbonyl (C=O) groups is 1. The van der Waals surface area contributed by atoms with E-state index in [0.717, 1.165) is 10.7 Å². The maximum absolute atomic E-state index is 13.9. The van der Waals surface area contributed by atoms with Crippen molar-refractivity contribution in [2.45, 2.75) is 0 Å². The summed E-state index contributed by atoms with van der Waals surface area (Å²) in [4.78, 5) is 17.5. The number of hydrazine groups is 1. The average Bonchev–Trinajstić information content (AvgIpc) is 2.95. The molecular weight excluding hydrogens is 321 g/mol. The molecule has 1 aromatic rings. The summed E-state index contributed by atoms with van der Waals surface area (Å²) in [6.45, 7) is 0.630. The number of carbonyl (C=O) groups excluding carboxylic acids is 1. The second-order valence-corrected chi connectivity index (χ2v) is 5.78. The summed E-state index contributed by atoms with van der Waals surface area (Å²) < 4.78 is 13.9. The van der Waals surface area contributed by atoms with Crippen molar-refractivity contribution in [2.24, 2.45) is 4.99 Å². The Morgan fingerprint density at radius 2 is 2.26 bits per heavy atom. The fraction of sp³-hybridized carbons (Fsp3) is 0.200. The predicted octanol–water partition coefficient (Wildman–Crippen LogP) is 0.819. The molecule has 0 saturated carbocycles. The predicted molar refractivity (Wildman–Crippen MR) is 86.1 cm³/mol. The van der Waals surface area contributed by atoms with Gasteiger partial charge in [-0.3, -0.25) is 9.80 Å². The molecule has 2 N–H and O–H groups in total. The van der Waals surface area contributed by atoms with Gasteiger partial charge in [-0.05, 0) is 12.1 Å². The van der Waals surface area contributed by atoms with Crippen LogP contribution in [-0.2, 0) is 4.79 Å². The van der Waals surface area contributed by atoms with Crippen molar-refractivity contribution in [3.05, 3.63) is 53.2 Å². The normalized spacial score (nSPS) is 19.5. The largest absolute Gasteiger partial charge is 0.318 e. The van der Waals surface area contributed by atoms with Crippen LogP contribution in [0, 0.1) is 5.82 Å². The molecule has 8 heteroatoms. The molecule has 0 aromatic heterocycles. The summed E-state index contributed by atoms with van der Waals surface area (Å²) in [5.41, 5.74) is 0.286. The lowest BCUT2D eigenvalue weighted by Gasteiger charge is -2.30. The van der Waals surface area contributed by atoms with Gasteiger partial charge in [-0.15, -0.1) is 0 Å². The number of aliphatic imine (C=N–C) groups is 1. The number of fused-ring (bicyclic) bond motifs is 1. The van der Waals surface area contributed by atoms with Gasteiger partial charge in [0.2, 0.25) is 5.84 Å². The molecule has 1 amide bonds.